The zero-order valence-electron chi connectivity index (χ0n) is 11.2. The van der Waals surface area contributed by atoms with Crippen molar-refractivity contribution in [1.82, 2.24) is 5.32 Å². The average molecular weight is 276 g/mol. The minimum atomic E-state index is 0.793. The number of nitrogens with one attached hydrogen (secondary N) is 1. The van der Waals surface area contributed by atoms with Crippen LogP contribution < -0.4 is 10.1 Å². The molecule has 100 valence electrons. The molecule has 0 aliphatic carbocycles. The van der Waals surface area contributed by atoms with E-state index in [0.29, 0.717) is 0 Å². The Morgan fingerprint density at radius 2 is 1.89 bits per heavy atom. The Balaban J connectivity index is 2.27. The monoisotopic (exact) mass is 275 g/mol. The molecule has 2 aromatic carbocycles. The summed E-state index contributed by atoms with van der Waals surface area (Å²) in [5.41, 5.74) is 3.33. The van der Waals surface area contributed by atoms with Crippen molar-refractivity contribution in [3.63, 3.8) is 0 Å². The van der Waals surface area contributed by atoms with Crippen LogP contribution in [0.25, 0.3) is 11.1 Å². The van der Waals surface area contributed by atoms with Crippen molar-refractivity contribution in [3.8, 4) is 16.9 Å². The van der Waals surface area contributed by atoms with Crippen LogP contribution in [0.4, 0.5) is 0 Å². The predicted molar refractivity (Wildman–Crippen MR) is 80.8 cm³/mol. The lowest BCUT2D eigenvalue weighted by molar-refractivity contribution is 0.415. The summed E-state index contributed by atoms with van der Waals surface area (Å²) in [6.07, 6.45) is 0. The number of hydrogen-bond donors (Lipinski definition) is 1. The van der Waals surface area contributed by atoms with E-state index < -0.39 is 0 Å². The lowest BCUT2D eigenvalue weighted by Crippen LogP contribution is -2.11. The maximum absolute atomic E-state index is 6.32. The molecule has 0 saturated heterocycles. The minimum absolute atomic E-state index is 0.793. The second kappa shape index (κ2) is 6.60. The molecule has 0 aliphatic rings. The smallest absolute Gasteiger partial charge is 0.119 e. The van der Waals surface area contributed by atoms with Gasteiger partial charge in [-0.05, 0) is 41.4 Å². The summed E-state index contributed by atoms with van der Waals surface area (Å²) in [5, 5.41) is 4.07. The number of methoxy groups -OCH3 is 1. The first-order valence-electron chi connectivity index (χ1n) is 6.38. The molecule has 19 heavy (non-hydrogen) atoms. The Labute approximate surface area is 119 Å². The molecule has 2 rings (SSSR count). The summed E-state index contributed by atoms with van der Waals surface area (Å²) >= 11 is 6.32. The third-order valence-electron chi connectivity index (χ3n) is 3.02. The highest BCUT2D eigenvalue weighted by Gasteiger charge is 2.04. The van der Waals surface area contributed by atoms with Gasteiger partial charge in [0.25, 0.3) is 0 Å². The minimum Gasteiger partial charge on any atom is -0.497 e. The van der Waals surface area contributed by atoms with Crippen molar-refractivity contribution >= 4 is 11.6 Å². The van der Waals surface area contributed by atoms with E-state index in [-0.39, 0.29) is 0 Å². The fraction of sp³-hybridized carbons (Fsp3) is 0.250. The van der Waals surface area contributed by atoms with Gasteiger partial charge in [-0.2, -0.15) is 0 Å². The summed E-state index contributed by atoms with van der Waals surface area (Å²) in [6.45, 7) is 3.82. The summed E-state index contributed by atoms with van der Waals surface area (Å²) in [5.74, 6) is 0.852. The fourth-order valence-electron chi connectivity index (χ4n) is 1.93. The standard InChI is InChI=1S/C16H18ClNO/c1-3-18-11-14-8-7-13(10-16(14)17)12-5-4-6-15(9-12)19-2/h4-10,18H,3,11H2,1-2H3. The summed E-state index contributed by atoms with van der Waals surface area (Å²) in [4.78, 5) is 0. The van der Waals surface area contributed by atoms with Crippen LogP contribution in [0.5, 0.6) is 5.75 Å². The molecular formula is C16H18ClNO. The zero-order chi connectivity index (χ0) is 13.7. The van der Waals surface area contributed by atoms with Crippen LogP contribution in [0.1, 0.15) is 12.5 Å². The predicted octanol–water partition coefficient (Wildman–Crippen LogP) is 4.13. The number of ether oxygens (including phenoxy) is 1. The van der Waals surface area contributed by atoms with Gasteiger partial charge in [-0.1, -0.05) is 42.8 Å². The summed E-state index contributed by atoms with van der Waals surface area (Å²) < 4.78 is 5.24. The third kappa shape index (κ3) is 3.49. The Kier molecular flexibility index (Phi) is 4.83. The maximum atomic E-state index is 6.32. The Morgan fingerprint density at radius 1 is 1.11 bits per heavy atom. The third-order valence-corrected chi connectivity index (χ3v) is 3.37. The van der Waals surface area contributed by atoms with Crippen LogP contribution >= 0.6 is 11.6 Å². The molecule has 0 unspecified atom stereocenters. The SMILES string of the molecule is CCNCc1ccc(-c2cccc(OC)c2)cc1Cl. The van der Waals surface area contributed by atoms with Gasteiger partial charge in [-0.25, -0.2) is 0 Å². The molecule has 0 aromatic heterocycles. The van der Waals surface area contributed by atoms with Crippen molar-refractivity contribution in [3.05, 3.63) is 53.1 Å². The van der Waals surface area contributed by atoms with E-state index in [2.05, 4.69) is 30.4 Å². The second-order valence-electron chi connectivity index (χ2n) is 4.32. The Morgan fingerprint density at radius 3 is 2.58 bits per heavy atom. The molecule has 2 aromatic rings. The molecule has 0 spiro atoms. The summed E-state index contributed by atoms with van der Waals surface area (Å²) in [7, 11) is 1.67. The van der Waals surface area contributed by atoms with Gasteiger partial charge in [0.05, 0.1) is 7.11 Å². The Hall–Kier alpha value is -1.51. The van der Waals surface area contributed by atoms with E-state index in [9.17, 15) is 0 Å². The highest BCUT2D eigenvalue weighted by molar-refractivity contribution is 6.31. The lowest BCUT2D eigenvalue weighted by Gasteiger charge is -2.09. The Bertz CT molecular complexity index is 554. The first-order chi connectivity index (χ1) is 9.24. The summed E-state index contributed by atoms with van der Waals surface area (Å²) in [6, 6.07) is 14.1. The molecule has 0 fully saturated rings. The quantitative estimate of drug-likeness (QED) is 0.886. The molecule has 3 heteroatoms. The van der Waals surface area contributed by atoms with E-state index in [1.54, 1.807) is 7.11 Å². The highest BCUT2D eigenvalue weighted by Crippen LogP contribution is 2.28. The van der Waals surface area contributed by atoms with E-state index in [4.69, 9.17) is 16.3 Å². The van der Waals surface area contributed by atoms with E-state index in [1.807, 2.05) is 24.3 Å². The first kappa shape index (κ1) is 13.9. The van der Waals surface area contributed by atoms with Crippen molar-refractivity contribution in [2.75, 3.05) is 13.7 Å². The number of hydrogen-bond acceptors (Lipinski definition) is 2. The van der Waals surface area contributed by atoms with Crippen LogP contribution in [0.3, 0.4) is 0 Å². The van der Waals surface area contributed by atoms with Gasteiger partial charge in [0.2, 0.25) is 0 Å². The molecule has 0 bridgehead atoms. The van der Waals surface area contributed by atoms with Gasteiger partial charge >= 0.3 is 0 Å². The molecule has 0 atom stereocenters. The van der Waals surface area contributed by atoms with Gasteiger partial charge in [0.15, 0.2) is 0 Å². The van der Waals surface area contributed by atoms with Crippen LogP contribution in [-0.2, 0) is 6.54 Å². The van der Waals surface area contributed by atoms with Crippen molar-refractivity contribution in [2.24, 2.45) is 0 Å². The average Bonchev–Trinajstić information content (AvgIpc) is 2.46. The van der Waals surface area contributed by atoms with Gasteiger partial charge in [-0.3, -0.25) is 0 Å². The lowest BCUT2D eigenvalue weighted by atomic mass is 10.0. The van der Waals surface area contributed by atoms with Crippen LogP contribution in [-0.4, -0.2) is 13.7 Å². The topological polar surface area (TPSA) is 21.3 Å². The van der Waals surface area contributed by atoms with Crippen molar-refractivity contribution < 1.29 is 4.74 Å². The second-order valence-corrected chi connectivity index (χ2v) is 4.73. The van der Waals surface area contributed by atoms with Crippen LogP contribution in [0.2, 0.25) is 5.02 Å². The molecule has 0 aliphatic heterocycles. The molecule has 2 nitrogen and oxygen atoms in total. The molecule has 0 radical (unpaired) electrons. The van der Waals surface area contributed by atoms with E-state index >= 15 is 0 Å². The van der Waals surface area contributed by atoms with Gasteiger partial charge in [-0.15, -0.1) is 0 Å². The molecule has 0 heterocycles. The molecular weight excluding hydrogens is 258 g/mol. The molecule has 0 amide bonds. The zero-order valence-corrected chi connectivity index (χ0v) is 12.0. The number of benzene rings is 2. The largest absolute Gasteiger partial charge is 0.497 e. The van der Waals surface area contributed by atoms with Crippen molar-refractivity contribution in [1.29, 1.82) is 0 Å². The van der Waals surface area contributed by atoms with Gasteiger partial charge in [0.1, 0.15) is 5.75 Å². The van der Waals surface area contributed by atoms with Gasteiger partial charge in [0, 0.05) is 11.6 Å². The van der Waals surface area contributed by atoms with E-state index in [1.165, 1.54) is 0 Å². The normalized spacial score (nSPS) is 10.5. The first-order valence-corrected chi connectivity index (χ1v) is 6.76. The number of halogens is 1. The van der Waals surface area contributed by atoms with Crippen LogP contribution in [0, 0.1) is 0 Å². The fourth-order valence-corrected chi connectivity index (χ4v) is 2.18. The number of rotatable bonds is 5. The highest BCUT2D eigenvalue weighted by atomic mass is 35.5. The van der Waals surface area contributed by atoms with E-state index in [0.717, 1.165) is 40.6 Å². The molecule has 1 N–H and O–H groups in total. The van der Waals surface area contributed by atoms with Crippen LogP contribution in [0.15, 0.2) is 42.5 Å². The van der Waals surface area contributed by atoms with Crippen molar-refractivity contribution in [2.45, 2.75) is 13.5 Å². The maximum Gasteiger partial charge on any atom is 0.119 e. The molecule has 0 saturated carbocycles. The van der Waals surface area contributed by atoms with Gasteiger partial charge < -0.3 is 10.1 Å².